The van der Waals surface area contributed by atoms with Gasteiger partial charge in [-0.15, -0.1) is 0 Å². The van der Waals surface area contributed by atoms with Gasteiger partial charge in [0.25, 0.3) is 11.8 Å². The van der Waals surface area contributed by atoms with Crippen LogP contribution in [0.5, 0.6) is 0 Å². The number of imide groups is 2. The second kappa shape index (κ2) is 9.43. The normalized spacial score (nSPS) is 18.4. The van der Waals surface area contributed by atoms with Gasteiger partial charge in [-0.05, 0) is 24.6 Å². The molecule has 0 spiro atoms. The summed E-state index contributed by atoms with van der Waals surface area (Å²) in [5, 5.41) is 2.17. The van der Waals surface area contributed by atoms with Gasteiger partial charge in [-0.1, -0.05) is 11.8 Å². The van der Waals surface area contributed by atoms with Gasteiger partial charge < -0.3 is 15.2 Å². The fourth-order valence-electron chi connectivity index (χ4n) is 3.11. The molecule has 1 fully saturated rings. The maximum absolute atomic E-state index is 12.7. The Morgan fingerprint density at radius 3 is 2.59 bits per heavy atom. The number of fused-ring (bicyclic) bond motifs is 1. The number of hydrogen-bond donors (Lipinski definition) is 2. The summed E-state index contributed by atoms with van der Waals surface area (Å²) in [6.07, 6.45) is 0.201. The van der Waals surface area contributed by atoms with E-state index in [1.165, 1.54) is 12.1 Å². The number of nitrogens with two attached hydrogens (primary N) is 1. The molecule has 2 aliphatic rings. The molecule has 1 atom stereocenters. The van der Waals surface area contributed by atoms with Gasteiger partial charge in [0.1, 0.15) is 12.6 Å². The van der Waals surface area contributed by atoms with E-state index in [1.807, 2.05) is 0 Å². The van der Waals surface area contributed by atoms with Crippen LogP contribution in [0.4, 0.5) is 0 Å². The molecule has 9 nitrogen and oxygen atoms in total. The molecule has 9 heteroatoms. The number of piperidine rings is 1. The first-order chi connectivity index (χ1) is 14.0. The van der Waals surface area contributed by atoms with Gasteiger partial charge in [0, 0.05) is 18.5 Å². The number of benzene rings is 1. The van der Waals surface area contributed by atoms with Crippen molar-refractivity contribution in [3.8, 4) is 11.8 Å². The van der Waals surface area contributed by atoms with Crippen LogP contribution in [0, 0.1) is 11.8 Å². The second-order valence-electron chi connectivity index (χ2n) is 6.46. The molecule has 1 aromatic rings. The molecule has 152 valence electrons. The van der Waals surface area contributed by atoms with Gasteiger partial charge in [-0.25, -0.2) is 0 Å². The van der Waals surface area contributed by atoms with E-state index in [4.69, 9.17) is 15.2 Å². The van der Waals surface area contributed by atoms with E-state index in [2.05, 4.69) is 17.2 Å². The van der Waals surface area contributed by atoms with Crippen LogP contribution in [0.2, 0.25) is 0 Å². The third kappa shape index (κ3) is 4.68. The standard InChI is InChI=1S/C20H21N3O6/c21-7-9-29-11-10-28-8-1-2-13-3-4-14-15(12-13)20(27)23(19(14)26)16-5-6-17(24)22-18(16)25/h3-4,12,16H,5-11,21H2,(H,22,24,25). The molecule has 0 aromatic heterocycles. The predicted octanol–water partition coefficient (Wildman–Crippen LogP) is -0.569. The summed E-state index contributed by atoms with van der Waals surface area (Å²) in [6.45, 7) is 1.96. The minimum atomic E-state index is -0.982. The molecule has 0 aliphatic carbocycles. The van der Waals surface area contributed by atoms with E-state index in [1.54, 1.807) is 6.07 Å². The smallest absolute Gasteiger partial charge is 0.262 e. The summed E-state index contributed by atoms with van der Waals surface area (Å²) in [4.78, 5) is 49.6. The topological polar surface area (TPSA) is 128 Å². The molecular weight excluding hydrogens is 378 g/mol. The lowest BCUT2D eigenvalue weighted by atomic mass is 10.0. The summed E-state index contributed by atoms with van der Waals surface area (Å²) in [7, 11) is 0. The van der Waals surface area contributed by atoms with Crippen molar-refractivity contribution in [3.63, 3.8) is 0 Å². The highest BCUT2D eigenvalue weighted by Gasteiger charge is 2.44. The first-order valence-corrected chi connectivity index (χ1v) is 9.23. The van der Waals surface area contributed by atoms with Crippen LogP contribution >= 0.6 is 0 Å². The molecule has 3 rings (SSSR count). The number of ether oxygens (including phenoxy) is 2. The molecule has 1 unspecified atom stereocenters. The first kappa shape index (κ1) is 20.7. The summed E-state index contributed by atoms with van der Waals surface area (Å²) < 4.78 is 10.5. The molecule has 4 amide bonds. The van der Waals surface area contributed by atoms with Crippen LogP contribution in [0.25, 0.3) is 0 Å². The highest BCUT2D eigenvalue weighted by Crippen LogP contribution is 2.28. The second-order valence-corrected chi connectivity index (χ2v) is 6.46. The molecule has 0 radical (unpaired) electrons. The summed E-state index contributed by atoms with van der Waals surface area (Å²) in [6, 6.07) is 3.70. The Morgan fingerprint density at radius 1 is 1.07 bits per heavy atom. The van der Waals surface area contributed by atoms with Crippen molar-refractivity contribution >= 4 is 23.6 Å². The Balaban J connectivity index is 1.63. The number of carbonyl (C=O) groups excluding carboxylic acids is 4. The van der Waals surface area contributed by atoms with Crippen molar-refractivity contribution in [3.05, 3.63) is 34.9 Å². The van der Waals surface area contributed by atoms with Crippen LogP contribution in [0.3, 0.4) is 0 Å². The number of hydrogen-bond acceptors (Lipinski definition) is 7. The highest BCUT2D eigenvalue weighted by atomic mass is 16.5. The van der Waals surface area contributed by atoms with E-state index >= 15 is 0 Å². The summed E-state index contributed by atoms with van der Waals surface area (Å²) >= 11 is 0. The van der Waals surface area contributed by atoms with Crippen LogP contribution < -0.4 is 11.1 Å². The fourth-order valence-corrected chi connectivity index (χ4v) is 3.11. The number of rotatable bonds is 7. The highest BCUT2D eigenvalue weighted by molar-refractivity contribution is 6.23. The number of nitrogens with one attached hydrogen (secondary N) is 1. The average Bonchev–Trinajstić information content (AvgIpc) is 2.94. The maximum atomic E-state index is 12.7. The minimum absolute atomic E-state index is 0.0812. The fraction of sp³-hybridized carbons (Fsp3) is 0.400. The van der Waals surface area contributed by atoms with Crippen molar-refractivity contribution in [2.45, 2.75) is 18.9 Å². The van der Waals surface area contributed by atoms with E-state index in [0.717, 1.165) is 4.90 Å². The number of amides is 4. The van der Waals surface area contributed by atoms with Crippen molar-refractivity contribution in [1.29, 1.82) is 0 Å². The van der Waals surface area contributed by atoms with E-state index in [9.17, 15) is 19.2 Å². The lowest BCUT2D eigenvalue weighted by Gasteiger charge is -2.27. The predicted molar refractivity (Wildman–Crippen MR) is 101 cm³/mol. The van der Waals surface area contributed by atoms with Gasteiger partial charge in [0.15, 0.2) is 0 Å². The number of nitrogens with zero attached hydrogens (tertiary/aromatic N) is 1. The molecule has 1 saturated heterocycles. The van der Waals surface area contributed by atoms with Gasteiger partial charge in [0.05, 0.1) is 30.9 Å². The largest absolute Gasteiger partial charge is 0.378 e. The molecule has 3 N–H and O–H groups in total. The minimum Gasteiger partial charge on any atom is -0.378 e. The van der Waals surface area contributed by atoms with Gasteiger partial charge in [-0.3, -0.25) is 29.4 Å². The van der Waals surface area contributed by atoms with Gasteiger partial charge in [-0.2, -0.15) is 0 Å². The van der Waals surface area contributed by atoms with Crippen LogP contribution in [-0.4, -0.2) is 67.5 Å². The average molecular weight is 399 g/mol. The molecule has 2 aliphatic heterocycles. The zero-order chi connectivity index (χ0) is 20.8. The zero-order valence-corrected chi connectivity index (χ0v) is 15.7. The monoisotopic (exact) mass is 399 g/mol. The first-order valence-electron chi connectivity index (χ1n) is 9.23. The van der Waals surface area contributed by atoms with Crippen LogP contribution in [-0.2, 0) is 19.1 Å². The Hall–Kier alpha value is -3.06. The van der Waals surface area contributed by atoms with Gasteiger partial charge >= 0.3 is 0 Å². The lowest BCUT2D eigenvalue weighted by Crippen LogP contribution is -2.54. The van der Waals surface area contributed by atoms with Gasteiger partial charge in [0.2, 0.25) is 11.8 Å². The maximum Gasteiger partial charge on any atom is 0.262 e. The molecule has 0 saturated carbocycles. The van der Waals surface area contributed by atoms with E-state index in [0.29, 0.717) is 31.9 Å². The molecule has 1 aromatic carbocycles. The quantitative estimate of drug-likeness (QED) is 0.357. The van der Waals surface area contributed by atoms with Crippen LogP contribution in [0.1, 0.15) is 39.1 Å². The Kier molecular flexibility index (Phi) is 6.72. The van der Waals surface area contributed by atoms with Crippen molar-refractivity contribution in [1.82, 2.24) is 10.2 Å². The third-order valence-corrected chi connectivity index (χ3v) is 4.48. The molecular formula is C20H21N3O6. The van der Waals surface area contributed by atoms with E-state index in [-0.39, 0.29) is 30.6 Å². The Morgan fingerprint density at radius 2 is 1.83 bits per heavy atom. The Labute approximate surface area is 167 Å². The summed E-state index contributed by atoms with van der Waals surface area (Å²) in [5.41, 5.74) is 6.28. The lowest BCUT2D eigenvalue weighted by molar-refractivity contribution is -0.136. The van der Waals surface area contributed by atoms with E-state index < -0.39 is 29.7 Å². The number of carbonyl (C=O) groups is 4. The molecule has 29 heavy (non-hydrogen) atoms. The molecule has 0 bridgehead atoms. The van der Waals surface area contributed by atoms with Crippen LogP contribution in [0.15, 0.2) is 18.2 Å². The summed E-state index contributed by atoms with van der Waals surface area (Å²) in [5.74, 6) is 3.57. The zero-order valence-electron chi connectivity index (χ0n) is 15.7. The van der Waals surface area contributed by atoms with Crippen molar-refractivity contribution < 1.29 is 28.7 Å². The molecule has 2 heterocycles. The van der Waals surface area contributed by atoms with Crippen molar-refractivity contribution in [2.24, 2.45) is 5.73 Å². The third-order valence-electron chi connectivity index (χ3n) is 4.48. The Bertz CT molecular complexity index is 901. The SMILES string of the molecule is NCCOCCOCC#Cc1ccc2c(c1)C(=O)N(C1CCC(=O)NC1=O)C2=O. The van der Waals surface area contributed by atoms with Crippen molar-refractivity contribution in [2.75, 3.05) is 33.0 Å².